The van der Waals surface area contributed by atoms with Crippen LogP contribution in [0.5, 0.6) is 0 Å². The largest absolute Gasteiger partial charge is 0.372 e. The lowest BCUT2D eigenvalue weighted by Crippen LogP contribution is -2.03. The molecule has 0 unspecified atom stereocenters. The minimum atomic E-state index is -0.443. The van der Waals surface area contributed by atoms with Crippen LogP contribution in [-0.2, 0) is 6.54 Å². The van der Waals surface area contributed by atoms with Crippen LogP contribution in [-0.4, -0.2) is 14.3 Å². The Kier molecular flexibility index (Phi) is 3.29. The average Bonchev–Trinajstić information content (AvgIpc) is 2.97. The van der Waals surface area contributed by atoms with Gasteiger partial charge in [-0.15, -0.1) is 0 Å². The van der Waals surface area contributed by atoms with Gasteiger partial charge in [-0.05, 0) is 16.6 Å². The second-order valence-corrected chi connectivity index (χ2v) is 5.32. The zero-order valence-electron chi connectivity index (χ0n) is 10.1. The molecule has 3 aromatic rings. The molecular weight excluding hydrogens is 300 g/mol. The van der Waals surface area contributed by atoms with E-state index in [1.165, 1.54) is 15.7 Å². The molecule has 8 heteroatoms. The van der Waals surface area contributed by atoms with Crippen LogP contribution >= 0.6 is 22.9 Å². The van der Waals surface area contributed by atoms with Crippen LogP contribution in [0.4, 0.5) is 11.6 Å². The highest BCUT2D eigenvalue weighted by Gasteiger charge is 2.23. The summed E-state index contributed by atoms with van der Waals surface area (Å²) < 4.78 is 1.46. The van der Waals surface area contributed by atoms with Crippen molar-refractivity contribution in [1.82, 2.24) is 9.38 Å². The van der Waals surface area contributed by atoms with Crippen molar-refractivity contribution in [1.29, 1.82) is 0 Å². The van der Waals surface area contributed by atoms with Crippen LogP contribution in [0.25, 0.3) is 4.96 Å². The Bertz CT molecular complexity index is 783. The molecule has 0 atom stereocenters. The van der Waals surface area contributed by atoms with Gasteiger partial charge in [0.05, 0.1) is 0 Å². The van der Waals surface area contributed by atoms with E-state index in [2.05, 4.69) is 10.3 Å². The van der Waals surface area contributed by atoms with Crippen LogP contribution in [0, 0.1) is 10.1 Å². The maximum absolute atomic E-state index is 11.2. The average molecular weight is 309 g/mol. The monoisotopic (exact) mass is 308 g/mol. The molecule has 0 amide bonds. The fourth-order valence-corrected chi connectivity index (χ4v) is 2.80. The van der Waals surface area contributed by atoms with Gasteiger partial charge in [0.2, 0.25) is 5.82 Å². The van der Waals surface area contributed by atoms with Crippen molar-refractivity contribution in [2.45, 2.75) is 6.54 Å². The highest BCUT2D eigenvalue weighted by Crippen LogP contribution is 2.28. The lowest BCUT2D eigenvalue weighted by Gasteiger charge is -2.05. The van der Waals surface area contributed by atoms with Crippen molar-refractivity contribution in [3.8, 4) is 0 Å². The zero-order chi connectivity index (χ0) is 14.1. The molecule has 102 valence electrons. The summed E-state index contributed by atoms with van der Waals surface area (Å²) in [5.41, 5.74) is 0.861. The smallest absolute Gasteiger partial charge is 0.359 e. The Morgan fingerprint density at radius 3 is 3.00 bits per heavy atom. The van der Waals surface area contributed by atoms with Crippen molar-refractivity contribution < 1.29 is 4.92 Å². The van der Waals surface area contributed by atoms with E-state index in [4.69, 9.17) is 11.6 Å². The maximum Gasteiger partial charge on any atom is 0.372 e. The third-order valence-electron chi connectivity index (χ3n) is 2.81. The van der Waals surface area contributed by atoms with Gasteiger partial charge < -0.3 is 15.4 Å². The number of nitro groups is 1. The van der Waals surface area contributed by atoms with E-state index < -0.39 is 4.92 Å². The number of rotatable bonds is 4. The molecule has 2 aromatic heterocycles. The van der Waals surface area contributed by atoms with Gasteiger partial charge in [0.1, 0.15) is 6.20 Å². The number of hydrogen-bond donors (Lipinski definition) is 1. The fraction of sp³-hybridized carbons (Fsp3) is 0.0833. The lowest BCUT2D eigenvalue weighted by atomic mass is 10.2. The second kappa shape index (κ2) is 5.10. The normalized spacial score (nSPS) is 10.8. The van der Waals surface area contributed by atoms with Crippen LogP contribution < -0.4 is 5.32 Å². The predicted molar refractivity (Wildman–Crippen MR) is 78.5 cm³/mol. The van der Waals surface area contributed by atoms with Crippen LogP contribution in [0.2, 0.25) is 5.02 Å². The standard InChI is InChI=1S/C12H9ClN4O2S/c13-9-4-2-1-3-8(9)7-14-10-11(17(18)19)16-5-6-20-12(16)15-10/h1-6,14H,7H2. The predicted octanol–water partition coefficient (Wildman–Crippen LogP) is 3.57. The number of halogens is 1. The molecule has 0 aliphatic heterocycles. The highest BCUT2D eigenvalue weighted by atomic mass is 35.5. The minimum Gasteiger partial charge on any atom is -0.359 e. The third kappa shape index (κ3) is 2.21. The number of fused-ring (bicyclic) bond motifs is 1. The van der Waals surface area contributed by atoms with Gasteiger partial charge in [-0.1, -0.05) is 41.1 Å². The molecular formula is C12H9ClN4O2S. The number of hydrogen-bond acceptors (Lipinski definition) is 5. The molecule has 6 nitrogen and oxygen atoms in total. The Hall–Kier alpha value is -2.12. The molecule has 0 aliphatic rings. The first-order valence-electron chi connectivity index (χ1n) is 5.74. The van der Waals surface area contributed by atoms with E-state index in [1.807, 2.05) is 18.2 Å². The van der Waals surface area contributed by atoms with Crippen molar-refractivity contribution in [3.05, 3.63) is 56.5 Å². The molecule has 0 saturated heterocycles. The molecule has 0 fully saturated rings. The number of thiazole rings is 1. The van der Waals surface area contributed by atoms with Gasteiger partial charge >= 0.3 is 5.82 Å². The summed E-state index contributed by atoms with van der Waals surface area (Å²) in [6.45, 7) is 0.380. The summed E-state index contributed by atoms with van der Waals surface area (Å²) in [7, 11) is 0. The SMILES string of the molecule is O=[N+]([O-])c1c(NCc2ccccc2Cl)nc2sccn12. The van der Waals surface area contributed by atoms with Crippen molar-refractivity contribution in [2.75, 3.05) is 5.32 Å². The summed E-state index contributed by atoms with van der Waals surface area (Å²) in [6, 6.07) is 7.34. The van der Waals surface area contributed by atoms with Crippen LogP contribution in [0.1, 0.15) is 5.56 Å². The topological polar surface area (TPSA) is 72.5 Å². The Balaban J connectivity index is 1.91. The number of aromatic nitrogens is 2. The van der Waals surface area contributed by atoms with E-state index in [0.29, 0.717) is 16.5 Å². The van der Waals surface area contributed by atoms with Gasteiger partial charge in [0.15, 0.2) is 0 Å². The molecule has 1 aromatic carbocycles. The summed E-state index contributed by atoms with van der Waals surface area (Å²) in [6.07, 6.45) is 1.63. The van der Waals surface area contributed by atoms with Crippen LogP contribution in [0.3, 0.4) is 0 Å². The summed E-state index contributed by atoms with van der Waals surface area (Å²) in [5.74, 6) is 0.190. The van der Waals surface area contributed by atoms with Crippen molar-refractivity contribution in [3.63, 3.8) is 0 Å². The summed E-state index contributed by atoms with van der Waals surface area (Å²) >= 11 is 7.40. The molecule has 0 radical (unpaired) electrons. The van der Waals surface area contributed by atoms with Gasteiger partial charge in [0, 0.05) is 16.9 Å². The molecule has 0 spiro atoms. The van der Waals surface area contributed by atoms with Gasteiger partial charge in [-0.2, -0.15) is 9.38 Å². The quantitative estimate of drug-likeness (QED) is 0.590. The first kappa shape index (κ1) is 12.9. The lowest BCUT2D eigenvalue weighted by molar-refractivity contribution is -0.389. The van der Waals surface area contributed by atoms with Crippen LogP contribution in [0.15, 0.2) is 35.8 Å². The number of benzene rings is 1. The number of anilines is 1. The second-order valence-electron chi connectivity index (χ2n) is 4.04. The molecule has 2 heterocycles. The van der Waals surface area contributed by atoms with Gasteiger partial charge in [0.25, 0.3) is 4.96 Å². The van der Waals surface area contributed by atoms with Crippen molar-refractivity contribution in [2.24, 2.45) is 0 Å². The number of imidazole rings is 1. The number of nitrogens with one attached hydrogen (secondary N) is 1. The Labute approximate surface area is 122 Å². The zero-order valence-corrected chi connectivity index (χ0v) is 11.7. The molecule has 0 saturated carbocycles. The van der Waals surface area contributed by atoms with E-state index in [0.717, 1.165) is 5.56 Å². The van der Waals surface area contributed by atoms with Crippen molar-refractivity contribution >= 4 is 39.5 Å². The number of nitrogens with zero attached hydrogens (tertiary/aromatic N) is 3. The van der Waals surface area contributed by atoms with E-state index in [-0.39, 0.29) is 11.6 Å². The molecule has 1 N–H and O–H groups in total. The van der Waals surface area contributed by atoms with Gasteiger partial charge in [-0.25, -0.2) is 0 Å². The first-order chi connectivity index (χ1) is 9.66. The summed E-state index contributed by atoms with van der Waals surface area (Å²) in [5, 5.41) is 16.5. The van der Waals surface area contributed by atoms with Gasteiger partial charge in [-0.3, -0.25) is 0 Å². The maximum atomic E-state index is 11.2. The minimum absolute atomic E-state index is 0.0618. The van der Waals surface area contributed by atoms with E-state index in [1.54, 1.807) is 17.6 Å². The molecule has 20 heavy (non-hydrogen) atoms. The van der Waals surface area contributed by atoms with E-state index in [9.17, 15) is 10.1 Å². The molecule has 0 aliphatic carbocycles. The summed E-state index contributed by atoms with van der Waals surface area (Å²) in [4.78, 5) is 15.5. The highest BCUT2D eigenvalue weighted by molar-refractivity contribution is 7.15. The third-order valence-corrected chi connectivity index (χ3v) is 3.94. The fourth-order valence-electron chi connectivity index (χ4n) is 1.89. The first-order valence-corrected chi connectivity index (χ1v) is 7.00. The molecule has 3 rings (SSSR count). The van der Waals surface area contributed by atoms with E-state index >= 15 is 0 Å². The molecule has 0 bridgehead atoms. The Morgan fingerprint density at radius 2 is 2.25 bits per heavy atom. The Morgan fingerprint density at radius 1 is 1.45 bits per heavy atom.